The van der Waals surface area contributed by atoms with E-state index in [9.17, 15) is 8.42 Å². The predicted octanol–water partition coefficient (Wildman–Crippen LogP) is 10.7. The first-order valence-corrected chi connectivity index (χ1v) is 18.6. The van der Waals surface area contributed by atoms with Gasteiger partial charge in [0, 0.05) is 0 Å². The second-order valence-corrected chi connectivity index (χ2v) is 14.3. The number of hydrogen-bond donors (Lipinski definition) is 0. The van der Waals surface area contributed by atoms with Gasteiger partial charge in [-0.3, -0.25) is 4.18 Å². The largest absolute Gasteiger partial charge is 0.296 e. The lowest BCUT2D eigenvalue weighted by Gasteiger charge is -2.08. The van der Waals surface area contributed by atoms with Crippen LogP contribution in [0, 0.1) is 0 Å². The maximum absolute atomic E-state index is 11.9. The molecule has 0 aliphatic heterocycles. The molecule has 0 N–H and O–H groups in total. The van der Waals surface area contributed by atoms with Crippen molar-refractivity contribution in [2.24, 2.45) is 0 Å². The second kappa shape index (κ2) is 20.2. The van der Waals surface area contributed by atoms with Crippen LogP contribution in [0.1, 0.15) is 83.6 Å². The van der Waals surface area contributed by atoms with Gasteiger partial charge in [0.25, 0.3) is 10.1 Å². The molecule has 0 aromatic heterocycles. The second-order valence-electron chi connectivity index (χ2n) is 10.7. The van der Waals surface area contributed by atoms with E-state index in [0.29, 0.717) is 0 Å². The highest BCUT2D eigenvalue weighted by Gasteiger charge is 2.27. The van der Waals surface area contributed by atoms with Gasteiger partial charge in [0.05, 0.1) is 22.4 Å². The van der Waals surface area contributed by atoms with Crippen LogP contribution < -0.4 is 0 Å². The number of aryl methyl sites for hydroxylation is 1. The fourth-order valence-electron chi connectivity index (χ4n) is 4.80. The Kier molecular flexibility index (Phi) is 16.2. The highest BCUT2D eigenvalue weighted by molar-refractivity contribution is 7.97. The van der Waals surface area contributed by atoms with Crippen molar-refractivity contribution < 1.29 is 12.6 Å². The maximum Gasteiger partial charge on any atom is 0.296 e. The third-order valence-electron chi connectivity index (χ3n) is 7.29. The van der Waals surface area contributed by atoms with Crippen LogP contribution in [0.3, 0.4) is 0 Å². The minimum atomic E-state index is -3.57. The average molecular weight is 618 g/mol. The van der Waals surface area contributed by atoms with Gasteiger partial charge in [0.15, 0.2) is 14.7 Å². The molecule has 5 heteroatoms. The summed E-state index contributed by atoms with van der Waals surface area (Å²) >= 11 is 0. The summed E-state index contributed by atoms with van der Waals surface area (Å²) in [6, 6.07) is 38.9. The van der Waals surface area contributed by atoms with E-state index in [1.165, 1.54) is 71.6 Å². The number of unbranched alkanes of at least 4 members (excludes halogenated alkanes) is 9. The molecule has 0 saturated heterocycles. The van der Waals surface area contributed by atoms with Crippen molar-refractivity contribution in [2.75, 3.05) is 6.61 Å². The van der Waals surface area contributed by atoms with Gasteiger partial charge in [-0.2, -0.15) is 8.42 Å². The van der Waals surface area contributed by atoms with Crippen LogP contribution in [0.4, 0.5) is 0 Å². The summed E-state index contributed by atoms with van der Waals surface area (Å²) in [6.07, 6.45) is 13.4. The zero-order valence-electron chi connectivity index (χ0n) is 26.0. The van der Waals surface area contributed by atoms with Crippen LogP contribution in [0.2, 0.25) is 0 Å². The van der Waals surface area contributed by atoms with Gasteiger partial charge in [-0.05, 0) is 66.9 Å². The summed E-state index contributed by atoms with van der Waals surface area (Å²) in [5.74, 6) is 0. The number of benzene rings is 4. The summed E-state index contributed by atoms with van der Waals surface area (Å²) in [4.78, 5) is 4.35. The van der Waals surface area contributed by atoms with E-state index in [4.69, 9.17) is 4.18 Å². The van der Waals surface area contributed by atoms with Crippen LogP contribution in [0.15, 0.2) is 135 Å². The van der Waals surface area contributed by atoms with Crippen LogP contribution in [-0.4, -0.2) is 15.0 Å². The van der Waals surface area contributed by atoms with Crippen molar-refractivity contribution in [3.63, 3.8) is 0 Å². The molecule has 0 atom stereocenters. The lowest BCUT2D eigenvalue weighted by Crippen LogP contribution is -2.07. The van der Waals surface area contributed by atoms with E-state index in [2.05, 4.69) is 98.8 Å². The predicted molar refractivity (Wildman–Crippen MR) is 182 cm³/mol. The van der Waals surface area contributed by atoms with Crippen molar-refractivity contribution in [2.45, 2.75) is 104 Å². The quantitative estimate of drug-likeness (QED) is 0.0672. The van der Waals surface area contributed by atoms with E-state index in [-0.39, 0.29) is 22.4 Å². The monoisotopic (exact) mass is 617 g/mol. The molecule has 0 spiro atoms. The molecule has 0 aliphatic carbocycles. The van der Waals surface area contributed by atoms with Gasteiger partial charge >= 0.3 is 0 Å². The Morgan fingerprint density at radius 2 is 0.930 bits per heavy atom. The van der Waals surface area contributed by atoms with Crippen LogP contribution in [-0.2, 0) is 31.6 Å². The fourth-order valence-corrected chi connectivity index (χ4v) is 7.84. The Morgan fingerprint density at radius 1 is 0.512 bits per heavy atom. The van der Waals surface area contributed by atoms with E-state index in [1.807, 2.05) is 0 Å². The molecule has 4 aromatic rings. The minimum Gasteiger partial charge on any atom is -0.266 e. The first kappa shape index (κ1) is 34.6. The minimum absolute atomic E-state index is 0.0249. The smallest absolute Gasteiger partial charge is 0.266 e. The Morgan fingerprint density at radius 3 is 1.40 bits per heavy atom. The van der Waals surface area contributed by atoms with Gasteiger partial charge in [0.2, 0.25) is 0 Å². The highest BCUT2D eigenvalue weighted by Crippen LogP contribution is 2.31. The summed E-state index contributed by atoms with van der Waals surface area (Å²) < 4.78 is 28.8. The maximum atomic E-state index is 11.9. The molecule has 230 valence electrons. The standard InChI is InChI=1S/C20H19S.C18H30O3S/c1-2-17-13-15-20(16-14-17)21(18-9-5-3-6-10-18)19-11-7-4-8-12-19;1-2-3-4-5-6-7-8-9-10-14-17-21-22(19,20)18-15-12-11-13-16-18/h3-16H,2H2,1H3;11-13,15-16H,2-10,14,17H2,1H3/q+1;. The third-order valence-corrected chi connectivity index (χ3v) is 10.9. The molecule has 0 bridgehead atoms. The Hall–Kier alpha value is -2.86. The Bertz CT molecular complexity index is 1320. The molecular formula is C38H49O3S2+. The van der Waals surface area contributed by atoms with Crippen molar-refractivity contribution in [3.8, 4) is 0 Å². The van der Waals surface area contributed by atoms with Crippen LogP contribution in [0.5, 0.6) is 0 Å². The molecule has 43 heavy (non-hydrogen) atoms. The normalized spacial score (nSPS) is 11.2. The van der Waals surface area contributed by atoms with Gasteiger partial charge < -0.3 is 0 Å². The third kappa shape index (κ3) is 12.7. The van der Waals surface area contributed by atoms with Crippen molar-refractivity contribution in [3.05, 3.63) is 121 Å². The summed E-state index contributed by atoms with van der Waals surface area (Å²) in [7, 11) is -3.60. The van der Waals surface area contributed by atoms with E-state index in [0.717, 1.165) is 19.3 Å². The van der Waals surface area contributed by atoms with Gasteiger partial charge in [-0.1, -0.05) is 138 Å². The number of hydrogen-bond acceptors (Lipinski definition) is 3. The molecule has 4 aromatic carbocycles. The molecule has 0 amide bonds. The van der Waals surface area contributed by atoms with Gasteiger partial charge in [-0.25, -0.2) is 0 Å². The van der Waals surface area contributed by atoms with Gasteiger partial charge in [-0.15, -0.1) is 0 Å². The molecule has 0 unspecified atom stereocenters. The molecule has 0 radical (unpaired) electrons. The van der Waals surface area contributed by atoms with Crippen molar-refractivity contribution in [1.29, 1.82) is 0 Å². The zero-order chi connectivity index (χ0) is 30.6. The van der Waals surface area contributed by atoms with E-state index >= 15 is 0 Å². The molecule has 0 saturated carbocycles. The lowest BCUT2D eigenvalue weighted by atomic mass is 10.1. The first-order valence-electron chi connectivity index (χ1n) is 15.9. The average Bonchev–Trinajstić information content (AvgIpc) is 3.06. The number of rotatable bonds is 17. The Labute approximate surface area is 264 Å². The Balaban J connectivity index is 0.000000235. The van der Waals surface area contributed by atoms with E-state index < -0.39 is 10.1 Å². The topological polar surface area (TPSA) is 43.4 Å². The molecular weight excluding hydrogens is 569 g/mol. The summed E-state index contributed by atoms with van der Waals surface area (Å²) in [6.45, 7) is 4.72. The SMILES string of the molecule is CCCCCCCCCCCCOS(=O)(=O)c1ccccc1.CCc1ccc([S+](c2ccccc2)c2ccccc2)cc1. The van der Waals surface area contributed by atoms with Gasteiger partial charge in [0.1, 0.15) is 0 Å². The first-order chi connectivity index (χ1) is 21.0. The molecule has 0 aliphatic rings. The molecule has 3 nitrogen and oxygen atoms in total. The molecule has 0 heterocycles. The molecule has 0 fully saturated rings. The lowest BCUT2D eigenvalue weighted by molar-refractivity contribution is 0.306. The molecule has 4 rings (SSSR count). The van der Waals surface area contributed by atoms with E-state index in [1.54, 1.807) is 30.3 Å². The fraction of sp³-hybridized carbons (Fsp3) is 0.368. The van der Waals surface area contributed by atoms with Crippen molar-refractivity contribution >= 4 is 21.0 Å². The highest BCUT2D eigenvalue weighted by atomic mass is 32.2. The van der Waals surface area contributed by atoms with Crippen molar-refractivity contribution in [1.82, 2.24) is 0 Å². The summed E-state index contributed by atoms with van der Waals surface area (Å²) in [5.41, 5.74) is 1.39. The van der Waals surface area contributed by atoms with Crippen LogP contribution in [0.25, 0.3) is 0 Å². The van der Waals surface area contributed by atoms with Crippen LogP contribution >= 0.6 is 0 Å². The zero-order valence-corrected chi connectivity index (χ0v) is 27.6. The summed E-state index contributed by atoms with van der Waals surface area (Å²) in [5, 5.41) is 0.